The molecule has 156 valence electrons. The minimum Gasteiger partial charge on any atom is -0.336 e. The molecule has 4 rings (SSSR count). The van der Waals surface area contributed by atoms with Crippen LogP contribution in [0.2, 0.25) is 0 Å². The van der Waals surface area contributed by atoms with Gasteiger partial charge in [-0.15, -0.1) is 10.2 Å². The standard InChI is InChI=1S/C22H32N6O/c1-17-4-7-21(27-15-23-24-16-27)20(14-17)22(29)26-11-8-25(9-12-26)10-13-28-18(2)5-6-19(28)3/h4,7,14-16,18-19H,5-6,8-13H2,1-3H3. The molecule has 1 aromatic carbocycles. The Hall–Kier alpha value is -2.25. The summed E-state index contributed by atoms with van der Waals surface area (Å²) in [5, 5.41) is 7.77. The first-order valence-corrected chi connectivity index (χ1v) is 10.8. The average molecular weight is 397 g/mol. The van der Waals surface area contributed by atoms with Gasteiger partial charge in [-0.1, -0.05) is 11.6 Å². The zero-order valence-electron chi connectivity index (χ0n) is 17.8. The van der Waals surface area contributed by atoms with Crippen molar-refractivity contribution in [3.8, 4) is 5.69 Å². The van der Waals surface area contributed by atoms with Gasteiger partial charge in [0.05, 0.1) is 11.3 Å². The van der Waals surface area contributed by atoms with Gasteiger partial charge in [-0.2, -0.15) is 0 Å². The second kappa shape index (κ2) is 8.63. The fraction of sp³-hybridized carbons (Fsp3) is 0.591. The van der Waals surface area contributed by atoms with Crippen LogP contribution in [0, 0.1) is 6.92 Å². The molecule has 0 spiro atoms. The van der Waals surface area contributed by atoms with E-state index in [2.05, 4.69) is 33.8 Å². The van der Waals surface area contributed by atoms with Crippen LogP contribution in [0.25, 0.3) is 5.69 Å². The molecule has 29 heavy (non-hydrogen) atoms. The third kappa shape index (κ3) is 4.36. The molecule has 3 heterocycles. The topological polar surface area (TPSA) is 57.5 Å². The maximum absolute atomic E-state index is 13.3. The number of piperazine rings is 1. The predicted octanol–water partition coefficient (Wildman–Crippen LogP) is 2.21. The largest absolute Gasteiger partial charge is 0.336 e. The normalized spacial score (nSPS) is 23.6. The van der Waals surface area contributed by atoms with Crippen LogP contribution in [-0.2, 0) is 0 Å². The first-order chi connectivity index (χ1) is 14.0. The van der Waals surface area contributed by atoms with Gasteiger partial charge < -0.3 is 4.90 Å². The summed E-state index contributed by atoms with van der Waals surface area (Å²) in [6.07, 6.45) is 5.91. The van der Waals surface area contributed by atoms with Gasteiger partial charge in [0, 0.05) is 51.4 Å². The maximum Gasteiger partial charge on any atom is 0.256 e. The Kier molecular flexibility index (Phi) is 5.96. The van der Waals surface area contributed by atoms with Crippen molar-refractivity contribution in [1.82, 2.24) is 29.5 Å². The second-order valence-electron chi connectivity index (χ2n) is 8.54. The van der Waals surface area contributed by atoms with Gasteiger partial charge in [0.1, 0.15) is 12.7 Å². The zero-order chi connectivity index (χ0) is 20.4. The summed E-state index contributed by atoms with van der Waals surface area (Å²) in [4.78, 5) is 20.4. The van der Waals surface area contributed by atoms with E-state index in [0.29, 0.717) is 12.1 Å². The van der Waals surface area contributed by atoms with Gasteiger partial charge in [-0.3, -0.25) is 19.2 Å². The van der Waals surface area contributed by atoms with Crippen LogP contribution in [0.4, 0.5) is 0 Å². The number of rotatable bonds is 5. The molecule has 0 N–H and O–H groups in total. The van der Waals surface area contributed by atoms with Crippen molar-refractivity contribution in [2.45, 2.75) is 45.7 Å². The van der Waals surface area contributed by atoms with E-state index in [-0.39, 0.29) is 5.91 Å². The highest BCUT2D eigenvalue weighted by Gasteiger charge is 2.28. The number of carbonyl (C=O) groups excluding carboxylic acids is 1. The van der Waals surface area contributed by atoms with Gasteiger partial charge in [-0.25, -0.2) is 0 Å². The lowest BCUT2D eigenvalue weighted by atomic mass is 10.1. The number of likely N-dealkylation sites (tertiary alicyclic amines) is 1. The van der Waals surface area contributed by atoms with Crippen LogP contribution in [0.5, 0.6) is 0 Å². The summed E-state index contributed by atoms with van der Waals surface area (Å²) < 4.78 is 1.81. The summed E-state index contributed by atoms with van der Waals surface area (Å²) in [7, 11) is 0. The molecular formula is C22H32N6O. The van der Waals surface area contributed by atoms with Crippen LogP contribution in [-0.4, -0.2) is 86.7 Å². The molecule has 0 bridgehead atoms. The fourth-order valence-corrected chi connectivity index (χ4v) is 4.66. The quantitative estimate of drug-likeness (QED) is 0.776. The average Bonchev–Trinajstić information content (AvgIpc) is 3.37. The summed E-state index contributed by atoms with van der Waals surface area (Å²) in [6, 6.07) is 7.36. The van der Waals surface area contributed by atoms with Gasteiger partial charge in [0.2, 0.25) is 0 Å². The molecule has 2 saturated heterocycles. The van der Waals surface area contributed by atoms with E-state index < -0.39 is 0 Å². The molecule has 0 saturated carbocycles. The van der Waals surface area contributed by atoms with Crippen molar-refractivity contribution in [1.29, 1.82) is 0 Å². The SMILES string of the molecule is Cc1ccc(-n2cnnc2)c(C(=O)N2CCN(CCN3C(C)CCC3C)CC2)c1. The van der Waals surface area contributed by atoms with Gasteiger partial charge >= 0.3 is 0 Å². The molecule has 0 radical (unpaired) electrons. The molecule has 2 aliphatic heterocycles. The molecule has 2 aromatic rings. The first kappa shape index (κ1) is 20.0. The van der Waals surface area contributed by atoms with E-state index in [9.17, 15) is 4.79 Å². The highest BCUT2D eigenvalue weighted by molar-refractivity contribution is 5.98. The van der Waals surface area contributed by atoms with Crippen molar-refractivity contribution in [3.63, 3.8) is 0 Å². The van der Waals surface area contributed by atoms with Crippen molar-refractivity contribution in [2.24, 2.45) is 0 Å². The molecule has 2 unspecified atom stereocenters. The second-order valence-corrected chi connectivity index (χ2v) is 8.54. The smallest absolute Gasteiger partial charge is 0.256 e. The molecule has 1 aromatic heterocycles. The Labute approximate surface area is 173 Å². The monoisotopic (exact) mass is 396 g/mol. The Bertz CT molecular complexity index is 818. The minimum atomic E-state index is 0.0961. The third-order valence-electron chi connectivity index (χ3n) is 6.55. The number of hydrogen-bond donors (Lipinski definition) is 0. The molecule has 1 amide bonds. The van der Waals surface area contributed by atoms with Crippen LogP contribution in [0.1, 0.15) is 42.6 Å². The predicted molar refractivity (Wildman–Crippen MR) is 113 cm³/mol. The molecule has 0 aliphatic carbocycles. The van der Waals surface area contributed by atoms with Crippen molar-refractivity contribution >= 4 is 5.91 Å². The number of amides is 1. The Morgan fingerprint density at radius 3 is 2.31 bits per heavy atom. The molecule has 2 atom stereocenters. The molecule has 2 aliphatic rings. The van der Waals surface area contributed by atoms with Crippen molar-refractivity contribution in [3.05, 3.63) is 42.0 Å². The van der Waals surface area contributed by atoms with E-state index in [1.165, 1.54) is 12.8 Å². The number of nitrogens with zero attached hydrogens (tertiary/aromatic N) is 6. The lowest BCUT2D eigenvalue weighted by Crippen LogP contribution is -2.51. The van der Waals surface area contributed by atoms with Crippen LogP contribution in [0.15, 0.2) is 30.9 Å². The van der Waals surface area contributed by atoms with Crippen LogP contribution in [0.3, 0.4) is 0 Å². The number of aryl methyl sites for hydroxylation is 1. The van der Waals surface area contributed by atoms with E-state index in [4.69, 9.17) is 0 Å². The van der Waals surface area contributed by atoms with Crippen molar-refractivity contribution in [2.75, 3.05) is 39.3 Å². The Morgan fingerprint density at radius 1 is 1.00 bits per heavy atom. The highest BCUT2D eigenvalue weighted by atomic mass is 16.2. The van der Waals surface area contributed by atoms with Gasteiger partial charge in [0.25, 0.3) is 5.91 Å². The molecule has 2 fully saturated rings. The van der Waals surface area contributed by atoms with Gasteiger partial charge in [0.15, 0.2) is 0 Å². The van der Waals surface area contributed by atoms with E-state index in [1.807, 2.05) is 30.0 Å². The highest BCUT2D eigenvalue weighted by Crippen LogP contribution is 2.23. The summed E-state index contributed by atoms with van der Waals surface area (Å²) >= 11 is 0. The number of aromatic nitrogens is 3. The lowest BCUT2D eigenvalue weighted by Gasteiger charge is -2.36. The number of benzene rings is 1. The number of carbonyl (C=O) groups is 1. The zero-order valence-corrected chi connectivity index (χ0v) is 17.8. The van der Waals surface area contributed by atoms with E-state index in [1.54, 1.807) is 17.2 Å². The van der Waals surface area contributed by atoms with Crippen LogP contribution < -0.4 is 0 Å². The summed E-state index contributed by atoms with van der Waals surface area (Å²) in [5.74, 6) is 0.0961. The van der Waals surface area contributed by atoms with Gasteiger partial charge in [-0.05, 0) is 45.7 Å². The Balaban J connectivity index is 1.37. The van der Waals surface area contributed by atoms with E-state index >= 15 is 0 Å². The summed E-state index contributed by atoms with van der Waals surface area (Å²) in [5.41, 5.74) is 2.64. The molecular weight excluding hydrogens is 364 g/mol. The fourth-order valence-electron chi connectivity index (χ4n) is 4.66. The van der Waals surface area contributed by atoms with E-state index in [0.717, 1.165) is 56.1 Å². The van der Waals surface area contributed by atoms with Crippen molar-refractivity contribution < 1.29 is 4.79 Å². The molecule has 7 nitrogen and oxygen atoms in total. The minimum absolute atomic E-state index is 0.0961. The third-order valence-corrected chi connectivity index (χ3v) is 6.55. The Morgan fingerprint density at radius 2 is 1.66 bits per heavy atom. The number of hydrogen-bond acceptors (Lipinski definition) is 5. The lowest BCUT2D eigenvalue weighted by molar-refractivity contribution is 0.0614. The summed E-state index contributed by atoms with van der Waals surface area (Å²) in [6.45, 7) is 12.4. The molecule has 7 heteroatoms. The van der Waals surface area contributed by atoms with Crippen LogP contribution >= 0.6 is 0 Å². The maximum atomic E-state index is 13.3. The first-order valence-electron chi connectivity index (χ1n) is 10.8.